The standard InChI is InChI=1S/C14H16N2O/c1-16(10-12-6-8-15-9-7-12)14-4-2-13(11-17)3-5-14/h2-9,17H,10-11H2,1H3. The van der Waals surface area contributed by atoms with E-state index in [1.807, 2.05) is 43.4 Å². The predicted octanol–water partition coefficient (Wildman–Crippen LogP) is 2.21. The molecule has 17 heavy (non-hydrogen) atoms. The van der Waals surface area contributed by atoms with E-state index in [4.69, 9.17) is 5.11 Å². The number of pyridine rings is 1. The number of aromatic nitrogens is 1. The number of nitrogens with zero attached hydrogens (tertiary/aromatic N) is 2. The molecular formula is C14H16N2O. The normalized spacial score (nSPS) is 10.2. The molecule has 1 heterocycles. The molecule has 1 N–H and O–H groups in total. The summed E-state index contributed by atoms with van der Waals surface area (Å²) in [7, 11) is 2.05. The fraction of sp³-hybridized carbons (Fsp3) is 0.214. The molecule has 0 unspecified atom stereocenters. The minimum absolute atomic E-state index is 0.0916. The van der Waals surface area contributed by atoms with Gasteiger partial charge in [0.2, 0.25) is 0 Å². The van der Waals surface area contributed by atoms with Gasteiger partial charge in [-0.15, -0.1) is 0 Å². The molecule has 3 nitrogen and oxygen atoms in total. The second kappa shape index (κ2) is 5.46. The molecular weight excluding hydrogens is 212 g/mol. The molecule has 2 rings (SSSR count). The average molecular weight is 228 g/mol. The number of aliphatic hydroxyl groups is 1. The van der Waals surface area contributed by atoms with Gasteiger partial charge in [-0.05, 0) is 35.4 Å². The minimum Gasteiger partial charge on any atom is -0.392 e. The van der Waals surface area contributed by atoms with Gasteiger partial charge in [-0.25, -0.2) is 0 Å². The Morgan fingerprint density at radius 3 is 2.24 bits per heavy atom. The van der Waals surface area contributed by atoms with E-state index in [0.29, 0.717) is 0 Å². The molecule has 0 spiro atoms. The lowest BCUT2D eigenvalue weighted by atomic mass is 10.2. The maximum atomic E-state index is 8.98. The van der Waals surface area contributed by atoms with Gasteiger partial charge in [-0.1, -0.05) is 12.1 Å². The van der Waals surface area contributed by atoms with E-state index in [9.17, 15) is 0 Å². The highest BCUT2D eigenvalue weighted by Crippen LogP contribution is 2.16. The van der Waals surface area contributed by atoms with E-state index >= 15 is 0 Å². The Balaban J connectivity index is 2.06. The van der Waals surface area contributed by atoms with Crippen LogP contribution in [0.5, 0.6) is 0 Å². The fourth-order valence-corrected chi connectivity index (χ4v) is 1.71. The number of hydrogen-bond donors (Lipinski definition) is 1. The first-order valence-electron chi connectivity index (χ1n) is 5.59. The van der Waals surface area contributed by atoms with Crippen LogP contribution in [-0.4, -0.2) is 17.1 Å². The smallest absolute Gasteiger partial charge is 0.0681 e. The van der Waals surface area contributed by atoms with Crippen LogP contribution >= 0.6 is 0 Å². The van der Waals surface area contributed by atoms with E-state index in [1.165, 1.54) is 5.56 Å². The maximum Gasteiger partial charge on any atom is 0.0681 e. The number of aliphatic hydroxyl groups excluding tert-OH is 1. The molecule has 1 aromatic heterocycles. The Labute approximate surface area is 101 Å². The number of benzene rings is 1. The van der Waals surface area contributed by atoms with Crippen LogP contribution in [0.3, 0.4) is 0 Å². The average Bonchev–Trinajstić information content (AvgIpc) is 2.40. The summed E-state index contributed by atoms with van der Waals surface area (Å²) in [5.41, 5.74) is 3.30. The van der Waals surface area contributed by atoms with Gasteiger partial charge in [-0.3, -0.25) is 4.98 Å². The first-order valence-corrected chi connectivity index (χ1v) is 5.59. The lowest BCUT2D eigenvalue weighted by molar-refractivity contribution is 0.282. The van der Waals surface area contributed by atoms with Crippen molar-refractivity contribution in [2.75, 3.05) is 11.9 Å². The van der Waals surface area contributed by atoms with E-state index in [-0.39, 0.29) is 6.61 Å². The van der Waals surface area contributed by atoms with Crippen LogP contribution in [0.15, 0.2) is 48.8 Å². The molecule has 0 radical (unpaired) electrons. The highest BCUT2D eigenvalue weighted by atomic mass is 16.3. The Morgan fingerprint density at radius 1 is 1.00 bits per heavy atom. The van der Waals surface area contributed by atoms with Crippen LogP contribution in [0.2, 0.25) is 0 Å². The quantitative estimate of drug-likeness (QED) is 0.871. The first kappa shape index (κ1) is 11.6. The van der Waals surface area contributed by atoms with Crippen molar-refractivity contribution in [3.8, 4) is 0 Å². The lowest BCUT2D eigenvalue weighted by Gasteiger charge is -2.19. The second-order valence-corrected chi connectivity index (χ2v) is 4.04. The predicted molar refractivity (Wildman–Crippen MR) is 68.7 cm³/mol. The van der Waals surface area contributed by atoms with Crippen molar-refractivity contribution < 1.29 is 5.11 Å². The number of hydrogen-bond acceptors (Lipinski definition) is 3. The first-order chi connectivity index (χ1) is 8.29. The van der Waals surface area contributed by atoms with Crippen molar-refractivity contribution in [2.24, 2.45) is 0 Å². The van der Waals surface area contributed by atoms with Gasteiger partial charge in [0, 0.05) is 31.7 Å². The minimum atomic E-state index is 0.0916. The molecule has 0 fully saturated rings. The van der Waals surface area contributed by atoms with Gasteiger partial charge in [0.1, 0.15) is 0 Å². The summed E-state index contributed by atoms with van der Waals surface area (Å²) < 4.78 is 0. The number of anilines is 1. The van der Waals surface area contributed by atoms with E-state index in [2.05, 4.69) is 9.88 Å². The molecule has 0 saturated carbocycles. The van der Waals surface area contributed by atoms with Crippen molar-refractivity contribution in [3.05, 3.63) is 59.9 Å². The summed E-state index contributed by atoms with van der Waals surface area (Å²) in [6.07, 6.45) is 3.61. The second-order valence-electron chi connectivity index (χ2n) is 4.04. The van der Waals surface area contributed by atoms with E-state index in [0.717, 1.165) is 17.8 Å². The molecule has 2 aromatic rings. The lowest BCUT2D eigenvalue weighted by Crippen LogP contribution is -2.16. The summed E-state index contributed by atoms with van der Waals surface area (Å²) in [6.45, 7) is 0.940. The van der Waals surface area contributed by atoms with Crippen molar-refractivity contribution >= 4 is 5.69 Å². The van der Waals surface area contributed by atoms with Crippen LogP contribution in [0, 0.1) is 0 Å². The molecule has 0 aliphatic carbocycles. The monoisotopic (exact) mass is 228 g/mol. The summed E-state index contributed by atoms with van der Waals surface area (Å²) in [6, 6.07) is 12.0. The summed E-state index contributed by atoms with van der Waals surface area (Å²) in [5.74, 6) is 0. The van der Waals surface area contributed by atoms with Crippen LogP contribution in [-0.2, 0) is 13.2 Å². The Kier molecular flexibility index (Phi) is 3.73. The summed E-state index contributed by atoms with van der Waals surface area (Å²) in [5, 5.41) is 8.98. The van der Waals surface area contributed by atoms with Crippen molar-refractivity contribution in [2.45, 2.75) is 13.2 Å². The van der Waals surface area contributed by atoms with Gasteiger partial charge in [-0.2, -0.15) is 0 Å². The van der Waals surface area contributed by atoms with Gasteiger partial charge in [0.25, 0.3) is 0 Å². The molecule has 0 aliphatic heterocycles. The third-order valence-electron chi connectivity index (χ3n) is 2.73. The zero-order valence-electron chi connectivity index (χ0n) is 9.87. The SMILES string of the molecule is CN(Cc1ccncc1)c1ccc(CO)cc1. The molecule has 0 atom stereocenters. The Morgan fingerprint density at radius 2 is 1.65 bits per heavy atom. The largest absolute Gasteiger partial charge is 0.392 e. The highest BCUT2D eigenvalue weighted by Gasteiger charge is 2.01. The zero-order chi connectivity index (χ0) is 12.1. The van der Waals surface area contributed by atoms with Crippen LogP contribution in [0.4, 0.5) is 5.69 Å². The van der Waals surface area contributed by atoms with Gasteiger partial charge < -0.3 is 10.0 Å². The third-order valence-corrected chi connectivity index (χ3v) is 2.73. The van der Waals surface area contributed by atoms with Crippen LogP contribution < -0.4 is 4.90 Å². The van der Waals surface area contributed by atoms with Crippen LogP contribution in [0.25, 0.3) is 0 Å². The molecule has 0 saturated heterocycles. The number of rotatable bonds is 4. The van der Waals surface area contributed by atoms with Crippen molar-refractivity contribution in [1.82, 2.24) is 4.98 Å². The summed E-state index contributed by atoms with van der Waals surface area (Å²) in [4.78, 5) is 6.16. The zero-order valence-corrected chi connectivity index (χ0v) is 9.87. The van der Waals surface area contributed by atoms with Crippen molar-refractivity contribution in [1.29, 1.82) is 0 Å². The Bertz CT molecular complexity index is 453. The van der Waals surface area contributed by atoms with Gasteiger partial charge in [0.15, 0.2) is 0 Å². The Hall–Kier alpha value is -1.87. The van der Waals surface area contributed by atoms with E-state index < -0.39 is 0 Å². The molecule has 3 heteroatoms. The van der Waals surface area contributed by atoms with Gasteiger partial charge >= 0.3 is 0 Å². The maximum absolute atomic E-state index is 8.98. The molecule has 0 bridgehead atoms. The highest BCUT2D eigenvalue weighted by molar-refractivity contribution is 5.47. The van der Waals surface area contributed by atoms with E-state index in [1.54, 1.807) is 12.4 Å². The topological polar surface area (TPSA) is 36.4 Å². The fourth-order valence-electron chi connectivity index (χ4n) is 1.71. The van der Waals surface area contributed by atoms with Gasteiger partial charge in [0.05, 0.1) is 6.61 Å². The molecule has 88 valence electrons. The molecule has 0 aliphatic rings. The van der Waals surface area contributed by atoms with Crippen LogP contribution in [0.1, 0.15) is 11.1 Å². The summed E-state index contributed by atoms with van der Waals surface area (Å²) >= 11 is 0. The van der Waals surface area contributed by atoms with Crippen molar-refractivity contribution in [3.63, 3.8) is 0 Å². The molecule has 0 amide bonds. The molecule has 1 aromatic carbocycles. The third kappa shape index (κ3) is 3.04.